The van der Waals surface area contributed by atoms with E-state index in [9.17, 15) is 0 Å². The highest BCUT2D eigenvalue weighted by molar-refractivity contribution is 6.07. The van der Waals surface area contributed by atoms with Crippen molar-refractivity contribution in [3.8, 4) is 45.2 Å². The van der Waals surface area contributed by atoms with Gasteiger partial charge in [0.25, 0.3) is 0 Å². The predicted octanol–water partition coefficient (Wildman–Crippen LogP) is 10.5. The molecule has 0 saturated heterocycles. The molecular weight excluding hydrogens is 560 g/mol. The van der Waals surface area contributed by atoms with Crippen molar-refractivity contribution >= 4 is 43.5 Å². The van der Waals surface area contributed by atoms with E-state index < -0.39 is 0 Å². The molecule has 9 aromatic rings. The molecule has 0 bridgehead atoms. The zero-order chi connectivity index (χ0) is 30.5. The first-order chi connectivity index (χ1) is 22.8. The van der Waals surface area contributed by atoms with Crippen LogP contribution in [0.1, 0.15) is 0 Å². The summed E-state index contributed by atoms with van der Waals surface area (Å²) in [6, 6.07) is 54.4. The first kappa shape index (κ1) is 26.2. The Labute approximate surface area is 265 Å². The topological polar surface area (TPSA) is 51.6 Å². The SMILES string of the molecule is c1ccc(-c2ccc3ccc4ccc(-c5cc(-c6nc(-c7ccccc7)nc7ccccc67)c6ccccc6c5)nc4c3n2)cc1. The number of hydrogen-bond acceptors (Lipinski definition) is 4. The van der Waals surface area contributed by atoms with Crippen LogP contribution < -0.4 is 0 Å². The van der Waals surface area contributed by atoms with E-state index in [0.29, 0.717) is 5.82 Å². The monoisotopic (exact) mass is 586 g/mol. The van der Waals surface area contributed by atoms with Crippen molar-refractivity contribution in [2.45, 2.75) is 0 Å². The Bertz CT molecular complexity index is 2580. The van der Waals surface area contributed by atoms with E-state index >= 15 is 0 Å². The molecule has 4 nitrogen and oxygen atoms in total. The molecule has 0 radical (unpaired) electrons. The molecule has 3 aromatic heterocycles. The van der Waals surface area contributed by atoms with Gasteiger partial charge in [0.05, 0.1) is 33.6 Å². The Kier molecular flexibility index (Phi) is 6.10. The molecule has 0 saturated carbocycles. The zero-order valence-corrected chi connectivity index (χ0v) is 24.8. The summed E-state index contributed by atoms with van der Waals surface area (Å²) in [5.41, 5.74) is 9.58. The molecule has 0 atom stereocenters. The van der Waals surface area contributed by atoms with E-state index in [1.165, 1.54) is 0 Å². The molecule has 0 unspecified atom stereocenters. The highest BCUT2D eigenvalue weighted by Gasteiger charge is 2.16. The largest absolute Gasteiger partial charge is 0.245 e. The molecule has 9 rings (SSSR count). The van der Waals surface area contributed by atoms with E-state index in [0.717, 1.165) is 82.8 Å². The van der Waals surface area contributed by atoms with E-state index in [-0.39, 0.29) is 0 Å². The molecule has 4 heteroatoms. The summed E-state index contributed by atoms with van der Waals surface area (Å²) in [6.45, 7) is 0. The summed E-state index contributed by atoms with van der Waals surface area (Å²) in [5.74, 6) is 0.708. The van der Waals surface area contributed by atoms with Crippen molar-refractivity contribution in [1.82, 2.24) is 19.9 Å². The standard InChI is InChI=1S/C42H26N4/c1-3-11-27(12-4-1)36-23-21-28-19-20-29-22-24-37(44-40(29)39(28)43-36)32-25-31-15-7-8-16-33(31)35(26-32)41-34-17-9-10-18-38(34)45-42(46-41)30-13-5-2-6-14-30/h1-26H. The summed E-state index contributed by atoms with van der Waals surface area (Å²) in [6.07, 6.45) is 0. The number of rotatable bonds is 4. The van der Waals surface area contributed by atoms with Crippen LogP contribution in [0.15, 0.2) is 158 Å². The van der Waals surface area contributed by atoms with Gasteiger partial charge in [0, 0.05) is 38.4 Å². The number of hydrogen-bond donors (Lipinski definition) is 0. The molecule has 46 heavy (non-hydrogen) atoms. The van der Waals surface area contributed by atoms with Crippen molar-refractivity contribution in [3.05, 3.63) is 158 Å². The minimum absolute atomic E-state index is 0.708. The van der Waals surface area contributed by atoms with E-state index in [1.54, 1.807) is 0 Å². The number of fused-ring (bicyclic) bond motifs is 5. The second kappa shape index (κ2) is 10.7. The molecule has 3 heterocycles. The Morgan fingerprint density at radius 2 is 0.913 bits per heavy atom. The molecular formula is C42H26N4. The molecule has 214 valence electrons. The Balaban J connectivity index is 1.28. The summed E-state index contributed by atoms with van der Waals surface area (Å²) in [7, 11) is 0. The molecule has 0 aliphatic heterocycles. The fraction of sp³-hybridized carbons (Fsp3) is 0. The van der Waals surface area contributed by atoms with Gasteiger partial charge in [-0.1, -0.05) is 127 Å². The van der Waals surface area contributed by atoms with Crippen molar-refractivity contribution < 1.29 is 0 Å². The van der Waals surface area contributed by atoms with Crippen LogP contribution in [0.25, 0.3) is 88.6 Å². The Morgan fingerprint density at radius 1 is 0.348 bits per heavy atom. The first-order valence-corrected chi connectivity index (χ1v) is 15.4. The highest BCUT2D eigenvalue weighted by atomic mass is 14.9. The average Bonchev–Trinajstić information content (AvgIpc) is 3.14. The van der Waals surface area contributed by atoms with Crippen molar-refractivity contribution in [3.63, 3.8) is 0 Å². The van der Waals surface area contributed by atoms with Crippen LogP contribution in [0.5, 0.6) is 0 Å². The van der Waals surface area contributed by atoms with Gasteiger partial charge in [-0.3, -0.25) is 0 Å². The van der Waals surface area contributed by atoms with Crippen LogP contribution in [-0.2, 0) is 0 Å². The van der Waals surface area contributed by atoms with Crippen LogP contribution in [0, 0.1) is 0 Å². The predicted molar refractivity (Wildman–Crippen MR) is 189 cm³/mol. The van der Waals surface area contributed by atoms with Gasteiger partial charge in [-0.2, -0.15) is 0 Å². The van der Waals surface area contributed by atoms with E-state index in [4.69, 9.17) is 19.9 Å². The third kappa shape index (κ3) is 4.47. The number of pyridine rings is 2. The first-order valence-electron chi connectivity index (χ1n) is 15.4. The van der Waals surface area contributed by atoms with E-state index in [1.807, 2.05) is 42.5 Å². The Morgan fingerprint density at radius 3 is 1.63 bits per heavy atom. The maximum Gasteiger partial charge on any atom is 0.160 e. The Hall–Kier alpha value is -6.26. The van der Waals surface area contributed by atoms with Crippen molar-refractivity contribution in [1.29, 1.82) is 0 Å². The zero-order valence-electron chi connectivity index (χ0n) is 24.8. The van der Waals surface area contributed by atoms with Crippen LogP contribution in [-0.4, -0.2) is 19.9 Å². The minimum atomic E-state index is 0.708. The van der Waals surface area contributed by atoms with Crippen LogP contribution in [0.3, 0.4) is 0 Å². The smallest absolute Gasteiger partial charge is 0.160 e. The summed E-state index contributed by atoms with van der Waals surface area (Å²) in [4.78, 5) is 20.6. The van der Waals surface area contributed by atoms with Gasteiger partial charge in [-0.15, -0.1) is 0 Å². The molecule has 0 fully saturated rings. The molecule has 0 amide bonds. The molecule has 0 aliphatic rings. The lowest BCUT2D eigenvalue weighted by molar-refractivity contribution is 1.23. The number of para-hydroxylation sites is 1. The lowest BCUT2D eigenvalue weighted by atomic mass is 9.95. The maximum absolute atomic E-state index is 5.28. The van der Waals surface area contributed by atoms with Crippen LogP contribution >= 0.6 is 0 Å². The van der Waals surface area contributed by atoms with Gasteiger partial charge in [0.15, 0.2) is 5.82 Å². The van der Waals surface area contributed by atoms with Crippen LogP contribution in [0.2, 0.25) is 0 Å². The van der Waals surface area contributed by atoms with Crippen molar-refractivity contribution in [2.75, 3.05) is 0 Å². The van der Waals surface area contributed by atoms with Gasteiger partial charge < -0.3 is 0 Å². The third-order valence-corrected chi connectivity index (χ3v) is 8.64. The summed E-state index contributed by atoms with van der Waals surface area (Å²) >= 11 is 0. The lowest BCUT2D eigenvalue weighted by Crippen LogP contribution is -1.96. The van der Waals surface area contributed by atoms with Crippen LogP contribution in [0.4, 0.5) is 0 Å². The van der Waals surface area contributed by atoms with Crippen molar-refractivity contribution in [2.24, 2.45) is 0 Å². The third-order valence-electron chi connectivity index (χ3n) is 8.64. The van der Waals surface area contributed by atoms with E-state index in [2.05, 4.69) is 115 Å². The highest BCUT2D eigenvalue weighted by Crippen LogP contribution is 2.38. The lowest BCUT2D eigenvalue weighted by Gasteiger charge is -2.14. The van der Waals surface area contributed by atoms with Gasteiger partial charge in [0.2, 0.25) is 0 Å². The van der Waals surface area contributed by atoms with Gasteiger partial charge in [-0.05, 0) is 41.1 Å². The maximum atomic E-state index is 5.28. The molecule has 0 N–H and O–H groups in total. The second-order valence-corrected chi connectivity index (χ2v) is 11.5. The normalized spacial score (nSPS) is 11.5. The van der Waals surface area contributed by atoms with Gasteiger partial charge >= 0.3 is 0 Å². The van der Waals surface area contributed by atoms with Gasteiger partial charge in [0.1, 0.15) is 0 Å². The molecule has 0 aliphatic carbocycles. The number of nitrogens with zero attached hydrogens (tertiary/aromatic N) is 4. The number of benzene rings is 6. The second-order valence-electron chi connectivity index (χ2n) is 11.5. The number of aromatic nitrogens is 4. The quantitative estimate of drug-likeness (QED) is 0.193. The fourth-order valence-electron chi connectivity index (χ4n) is 6.35. The van der Waals surface area contributed by atoms with Gasteiger partial charge in [-0.25, -0.2) is 19.9 Å². The molecule has 0 spiro atoms. The fourth-order valence-corrected chi connectivity index (χ4v) is 6.35. The molecule has 6 aromatic carbocycles. The summed E-state index contributed by atoms with van der Waals surface area (Å²) in [5, 5.41) is 5.40. The minimum Gasteiger partial charge on any atom is -0.245 e. The summed E-state index contributed by atoms with van der Waals surface area (Å²) < 4.78 is 0. The average molecular weight is 587 g/mol.